The van der Waals surface area contributed by atoms with E-state index < -0.39 is 0 Å². The lowest BCUT2D eigenvalue weighted by atomic mass is 10.1. The molecule has 1 aliphatic carbocycles. The summed E-state index contributed by atoms with van der Waals surface area (Å²) in [6.07, 6.45) is 3.33. The lowest BCUT2D eigenvalue weighted by Crippen LogP contribution is -2.34. The Morgan fingerprint density at radius 2 is 2.05 bits per heavy atom. The van der Waals surface area contributed by atoms with Crippen molar-refractivity contribution in [3.8, 4) is 5.75 Å². The van der Waals surface area contributed by atoms with Crippen molar-refractivity contribution in [2.75, 3.05) is 13.7 Å². The first-order valence-corrected chi connectivity index (χ1v) is 7.07. The molecule has 3 nitrogen and oxygen atoms in total. The predicted octanol–water partition coefficient (Wildman–Crippen LogP) is 3.35. The fourth-order valence-corrected chi connectivity index (χ4v) is 2.21. The number of carbonyl (C=O) groups excluding carboxylic acids is 1. The van der Waals surface area contributed by atoms with Gasteiger partial charge in [-0.2, -0.15) is 0 Å². The number of rotatable bonds is 6. The van der Waals surface area contributed by atoms with Crippen molar-refractivity contribution in [1.82, 2.24) is 4.90 Å². The molecular weight excluding hydrogens is 238 g/mol. The van der Waals surface area contributed by atoms with Gasteiger partial charge in [0.05, 0.1) is 12.7 Å². The molecule has 1 saturated carbocycles. The molecule has 19 heavy (non-hydrogen) atoms. The van der Waals surface area contributed by atoms with Gasteiger partial charge in [-0.15, -0.1) is 0 Å². The van der Waals surface area contributed by atoms with Gasteiger partial charge in [0.1, 0.15) is 5.75 Å². The van der Waals surface area contributed by atoms with Crippen LogP contribution >= 0.6 is 0 Å². The van der Waals surface area contributed by atoms with Gasteiger partial charge in [-0.25, -0.2) is 0 Å². The molecule has 0 N–H and O–H groups in total. The highest BCUT2D eigenvalue weighted by Gasteiger charge is 2.33. The maximum absolute atomic E-state index is 12.7. The smallest absolute Gasteiger partial charge is 0.257 e. The number of methoxy groups -OCH3 is 1. The Hall–Kier alpha value is -1.51. The number of benzene rings is 1. The van der Waals surface area contributed by atoms with E-state index in [0.29, 0.717) is 23.3 Å². The molecule has 3 heteroatoms. The first-order chi connectivity index (χ1) is 9.13. The van der Waals surface area contributed by atoms with Gasteiger partial charge >= 0.3 is 0 Å². The summed E-state index contributed by atoms with van der Waals surface area (Å²) in [5.74, 6) is 1.40. The van der Waals surface area contributed by atoms with Crippen molar-refractivity contribution in [2.45, 2.75) is 39.2 Å². The highest BCUT2D eigenvalue weighted by molar-refractivity contribution is 5.97. The lowest BCUT2D eigenvalue weighted by Gasteiger charge is -2.24. The van der Waals surface area contributed by atoms with Gasteiger partial charge in [-0.05, 0) is 37.3 Å². The van der Waals surface area contributed by atoms with E-state index in [1.54, 1.807) is 7.11 Å². The number of amides is 1. The van der Waals surface area contributed by atoms with Crippen LogP contribution in [0.25, 0.3) is 0 Å². The topological polar surface area (TPSA) is 29.5 Å². The third kappa shape index (κ3) is 3.49. The zero-order valence-electron chi connectivity index (χ0n) is 12.1. The van der Waals surface area contributed by atoms with Crippen molar-refractivity contribution < 1.29 is 9.53 Å². The second-order valence-corrected chi connectivity index (χ2v) is 5.61. The van der Waals surface area contributed by atoms with Crippen molar-refractivity contribution in [3.63, 3.8) is 0 Å². The number of carbonyl (C=O) groups is 1. The second-order valence-electron chi connectivity index (χ2n) is 5.61. The van der Waals surface area contributed by atoms with Crippen LogP contribution in [0.3, 0.4) is 0 Å². The fraction of sp³-hybridized carbons (Fsp3) is 0.562. The molecule has 0 bridgehead atoms. The van der Waals surface area contributed by atoms with Gasteiger partial charge in [0.2, 0.25) is 0 Å². The summed E-state index contributed by atoms with van der Waals surface area (Å²) >= 11 is 0. The number of para-hydroxylation sites is 1. The lowest BCUT2D eigenvalue weighted by molar-refractivity contribution is 0.0732. The first kappa shape index (κ1) is 13.9. The average Bonchev–Trinajstić information content (AvgIpc) is 3.23. The number of nitrogens with zero attached hydrogens (tertiary/aromatic N) is 1. The van der Waals surface area contributed by atoms with E-state index in [-0.39, 0.29) is 5.91 Å². The molecule has 0 aromatic heterocycles. The normalized spacial score (nSPS) is 14.5. The molecule has 0 saturated heterocycles. The summed E-state index contributed by atoms with van der Waals surface area (Å²) in [4.78, 5) is 14.7. The summed E-state index contributed by atoms with van der Waals surface area (Å²) in [7, 11) is 1.61. The van der Waals surface area contributed by atoms with Crippen LogP contribution in [0.4, 0.5) is 0 Å². The monoisotopic (exact) mass is 261 g/mol. The standard InChI is InChI=1S/C16H23NO2/c1-12(2)10-11-17(13-8-9-13)16(18)14-6-4-5-7-15(14)19-3/h4-7,12-13H,8-11H2,1-3H3. The zero-order chi connectivity index (χ0) is 13.8. The zero-order valence-corrected chi connectivity index (χ0v) is 12.1. The average molecular weight is 261 g/mol. The molecule has 1 amide bonds. The van der Waals surface area contributed by atoms with Gasteiger partial charge in [0.15, 0.2) is 0 Å². The van der Waals surface area contributed by atoms with E-state index in [9.17, 15) is 4.79 Å². The Bertz CT molecular complexity index is 438. The van der Waals surface area contributed by atoms with Crippen LogP contribution in [0.2, 0.25) is 0 Å². The van der Waals surface area contributed by atoms with Gasteiger partial charge in [-0.1, -0.05) is 26.0 Å². The number of hydrogen-bond donors (Lipinski definition) is 0. The summed E-state index contributed by atoms with van der Waals surface area (Å²) in [5, 5.41) is 0. The molecule has 0 aliphatic heterocycles. The molecule has 2 rings (SSSR count). The third-order valence-corrected chi connectivity index (χ3v) is 3.53. The summed E-state index contributed by atoms with van der Waals surface area (Å²) in [6.45, 7) is 5.23. The summed E-state index contributed by atoms with van der Waals surface area (Å²) in [5.41, 5.74) is 0.681. The van der Waals surface area contributed by atoms with Crippen molar-refractivity contribution in [1.29, 1.82) is 0 Å². The van der Waals surface area contributed by atoms with Crippen molar-refractivity contribution in [2.24, 2.45) is 5.92 Å². The van der Waals surface area contributed by atoms with Crippen LogP contribution in [0.15, 0.2) is 24.3 Å². The maximum atomic E-state index is 12.7. The molecule has 0 radical (unpaired) electrons. The molecular formula is C16H23NO2. The van der Waals surface area contributed by atoms with Crippen LogP contribution in [0.5, 0.6) is 5.75 Å². The van der Waals surface area contributed by atoms with E-state index in [2.05, 4.69) is 13.8 Å². The minimum absolute atomic E-state index is 0.112. The first-order valence-electron chi connectivity index (χ1n) is 7.07. The van der Waals surface area contributed by atoms with Gasteiger partial charge in [-0.3, -0.25) is 4.79 Å². The Morgan fingerprint density at radius 1 is 1.37 bits per heavy atom. The maximum Gasteiger partial charge on any atom is 0.257 e. The second kappa shape index (κ2) is 6.09. The van der Waals surface area contributed by atoms with E-state index >= 15 is 0 Å². The third-order valence-electron chi connectivity index (χ3n) is 3.53. The van der Waals surface area contributed by atoms with Crippen LogP contribution in [-0.2, 0) is 0 Å². The number of hydrogen-bond acceptors (Lipinski definition) is 2. The van der Waals surface area contributed by atoms with E-state index in [1.807, 2.05) is 29.2 Å². The number of ether oxygens (including phenoxy) is 1. The van der Waals surface area contributed by atoms with Gasteiger partial charge in [0, 0.05) is 12.6 Å². The predicted molar refractivity (Wildman–Crippen MR) is 76.5 cm³/mol. The highest BCUT2D eigenvalue weighted by Crippen LogP contribution is 2.30. The summed E-state index contributed by atoms with van der Waals surface area (Å²) < 4.78 is 5.29. The van der Waals surface area contributed by atoms with Crippen LogP contribution in [0.1, 0.15) is 43.5 Å². The Kier molecular flexibility index (Phi) is 4.46. The largest absolute Gasteiger partial charge is 0.496 e. The van der Waals surface area contributed by atoms with Gasteiger partial charge in [0.25, 0.3) is 5.91 Å². The SMILES string of the molecule is COc1ccccc1C(=O)N(CCC(C)C)C1CC1. The Labute approximate surface area is 115 Å². The Balaban J connectivity index is 2.14. The minimum atomic E-state index is 0.112. The van der Waals surface area contributed by atoms with E-state index in [1.165, 1.54) is 0 Å². The van der Waals surface area contributed by atoms with Gasteiger partial charge < -0.3 is 9.64 Å². The molecule has 0 atom stereocenters. The molecule has 1 fully saturated rings. The van der Waals surface area contributed by atoms with Crippen LogP contribution < -0.4 is 4.74 Å². The van der Waals surface area contributed by atoms with Crippen molar-refractivity contribution in [3.05, 3.63) is 29.8 Å². The van der Waals surface area contributed by atoms with Crippen molar-refractivity contribution >= 4 is 5.91 Å². The molecule has 0 spiro atoms. The van der Waals surface area contributed by atoms with Crippen LogP contribution in [-0.4, -0.2) is 30.5 Å². The quantitative estimate of drug-likeness (QED) is 0.786. The fourth-order valence-electron chi connectivity index (χ4n) is 2.21. The molecule has 0 heterocycles. The van der Waals surface area contributed by atoms with E-state index in [4.69, 9.17) is 4.74 Å². The minimum Gasteiger partial charge on any atom is -0.496 e. The van der Waals surface area contributed by atoms with E-state index in [0.717, 1.165) is 25.8 Å². The molecule has 1 aliphatic rings. The Morgan fingerprint density at radius 3 is 2.63 bits per heavy atom. The molecule has 1 aromatic carbocycles. The molecule has 0 unspecified atom stereocenters. The molecule has 104 valence electrons. The molecule has 1 aromatic rings. The summed E-state index contributed by atoms with van der Waals surface area (Å²) in [6, 6.07) is 7.93. The highest BCUT2D eigenvalue weighted by atomic mass is 16.5. The van der Waals surface area contributed by atoms with Crippen LogP contribution in [0, 0.1) is 5.92 Å².